The largest absolute Gasteiger partial charge is 0.465 e. The molecule has 0 spiro atoms. The number of rotatable bonds is 4. The van der Waals surface area contributed by atoms with Crippen molar-refractivity contribution in [2.75, 3.05) is 24.2 Å². The number of nitrogens with two attached hydrogens (primary N) is 1. The van der Waals surface area contributed by atoms with Crippen LogP contribution in [0.5, 0.6) is 0 Å². The number of carbonyl (C=O) groups is 2. The van der Waals surface area contributed by atoms with Crippen molar-refractivity contribution >= 4 is 23.4 Å². The molecule has 0 aliphatic rings. The molecule has 0 atom stereocenters. The molecule has 0 bridgehead atoms. The summed E-state index contributed by atoms with van der Waals surface area (Å²) in [5, 5.41) is 4.69. The van der Waals surface area contributed by atoms with Gasteiger partial charge in [-0.2, -0.15) is 0 Å². The van der Waals surface area contributed by atoms with E-state index in [-0.39, 0.29) is 18.8 Å². The van der Waals surface area contributed by atoms with Gasteiger partial charge in [0.25, 0.3) is 0 Å². The van der Waals surface area contributed by atoms with E-state index >= 15 is 0 Å². The molecular formula is C11H14FN3O3. The third-order valence-corrected chi connectivity index (χ3v) is 1.95. The Morgan fingerprint density at radius 2 is 2.17 bits per heavy atom. The molecule has 0 aliphatic heterocycles. The van der Waals surface area contributed by atoms with Gasteiger partial charge >= 0.3 is 12.0 Å². The third-order valence-electron chi connectivity index (χ3n) is 1.95. The van der Waals surface area contributed by atoms with E-state index in [1.807, 2.05) is 0 Å². The molecule has 0 aromatic heterocycles. The van der Waals surface area contributed by atoms with Crippen LogP contribution in [0.25, 0.3) is 0 Å². The van der Waals surface area contributed by atoms with Crippen LogP contribution in [-0.4, -0.2) is 25.2 Å². The number of amides is 2. The van der Waals surface area contributed by atoms with Gasteiger partial charge in [0.2, 0.25) is 0 Å². The van der Waals surface area contributed by atoms with E-state index in [2.05, 4.69) is 15.4 Å². The van der Waals surface area contributed by atoms with E-state index in [1.54, 1.807) is 6.92 Å². The smallest absolute Gasteiger partial charge is 0.325 e. The van der Waals surface area contributed by atoms with E-state index in [0.717, 1.165) is 6.07 Å². The molecule has 1 aromatic rings. The molecule has 98 valence electrons. The normalized spacial score (nSPS) is 9.67. The van der Waals surface area contributed by atoms with Crippen molar-refractivity contribution in [2.24, 2.45) is 0 Å². The summed E-state index contributed by atoms with van der Waals surface area (Å²) in [4.78, 5) is 22.3. The second-order valence-electron chi connectivity index (χ2n) is 3.35. The lowest BCUT2D eigenvalue weighted by atomic mass is 10.3. The van der Waals surface area contributed by atoms with Crippen molar-refractivity contribution in [3.05, 3.63) is 24.0 Å². The summed E-state index contributed by atoms with van der Waals surface area (Å²) in [7, 11) is 0. The Kier molecular flexibility index (Phi) is 4.91. The molecule has 0 unspecified atom stereocenters. The summed E-state index contributed by atoms with van der Waals surface area (Å²) in [5.74, 6) is -1.10. The van der Waals surface area contributed by atoms with Gasteiger partial charge in [0.05, 0.1) is 12.3 Å². The van der Waals surface area contributed by atoms with Crippen LogP contribution in [0.2, 0.25) is 0 Å². The number of urea groups is 1. The summed E-state index contributed by atoms with van der Waals surface area (Å²) < 4.78 is 17.5. The number of nitrogen functional groups attached to an aromatic ring is 1. The first-order chi connectivity index (χ1) is 8.52. The maximum absolute atomic E-state index is 12.9. The number of ether oxygens (including phenoxy) is 1. The fourth-order valence-corrected chi connectivity index (χ4v) is 1.16. The van der Waals surface area contributed by atoms with Crippen LogP contribution < -0.4 is 16.4 Å². The van der Waals surface area contributed by atoms with Crippen LogP contribution in [0.15, 0.2) is 18.2 Å². The van der Waals surface area contributed by atoms with Gasteiger partial charge in [0, 0.05) is 5.69 Å². The first-order valence-electron chi connectivity index (χ1n) is 5.28. The van der Waals surface area contributed by atoms with Crippen molar-refractivity contribution < 1.29 is 18.7 Å². The Morgan fingerprint density at radius 3 is 2.78 bits per heavy atom. The van der Waals surface area contributed by atoms with Crippen molar-refractivity contribution in [3.8, 4) is 0 Å². The fourth-order valence-electron chi connectivity index (χ4n) is 1.16. The van der Waals surface area contributed by atoms with Crippen molar-refractivity contribution in [1.29, 1.82) is 0 Å². The topological polar surface area (TPSA) is 93.4 Å². The maximum Gasteiger partial charge on any atom is 0.325 e. The second-order valence-corrected chi connectivity index (χ2v) is 3.35. The van der Waals surface area contributed by atoms with Crippen molar-refractivity contribution in [1.82, 2.24) is 5.32 Å². The van der Waals surface area contributed by atoms with E-state index < -0.39 is 17.8 Å². The van der Waals surface area contributed by atoms with Crippen LogP contribution in [0, 0.1) is 5.82 Å². The summed E-state index contributed by atoms with van der Waals surface area (Å²) in [5.41, 5.74) is 5.60. The predicted octanol–water partition coefficient (Wildman–Crippen LogP) is 1.09. The SMILES string of the molecule is CCOC(=O)CNC(=O)Nc1ccc(F)c(N)c1. The standard InChI is InChI=1S/C11H14FN3O3/c1-2-18-10(16)6-14-11(17)15-7-3-4-8(12)9(13)5-7/h3-5H,2,6,13H2,1H3,(H2,14,15,17). The zero-order valence-electron chi connectivity index (χ0n) is 9.83. The summed E-state index contributed by atoms with van der Waals surface area (Å²) in [6.07, 6.45) is 0. The molecule has 0 radical (unpaired) electrons. The van der Waals surface area contributed by atoms with E-state index in [0.29, 0.717) is 5.69 Å². The Morgan fingerprint density at radius 1 is 1.44 bits per heavy atom. The highest BCUT2D eigenvalue weighted by Gasteiger charge is 2.07. The minimum Gasteiger partial charge on any atom is -0.465 e. The van der Waals surface area contributed by atoms with Gasteiger partial charge in [0.1, 0.15) is 12.4 Å². The average molecular weight is 255 g/mol. The van der Waals surface area contributed by atoms with Gasteiger partial charge in [0.15, 0.2) is 0 Å². The first kappa shape index (κ1) is 13.8. The summed E-state index contributed by atoms with van der Waals surface area (Å²) in [6, 6.07) is 3.17. The lowest BCUT2D eigenvalue weighted by Gasteiger charge is -2.08. The minimum absolute atomic E-state index is 0.0711. The van der Waals surface area contributed by atoms with E-state index in [4.69, 9.17) is 5.73 Å². The molecular weight excluding hydrogens is 241 g/mol. The molecule has 2 amide bonds. The Balaban J connectivity index is 2.44. The number of anilines is 2. The monoisotopic (exact) mass is 255 g/mol. The van der Waals surface area contributed by atoms with Gasteiger partial charge in [-0.05, 0) is 25.1 Å². The maximum atomic E-state index is 12.9. The molecule has 0 heterocycles. The van der Waals surface area contributed by atoms with Crippen LogP contribution in [-0.2, 0) is 9.53 Å². The average Bonchev–Trinajstić information content (AvgIpc) is 2.32. The lowest BCUT2D eigenvalue weighted by molar-refractivity contribution is -0.141. The number of benzene rings is 1. The van der Waals surface area contributed by atoms with Gasteiger partial charge in [-0.15, -0.1) is 0 Å². The molecule has 0 saturated heterocycles. The second kappa shape index (κ2) is 6.43. The van der Waals surface area contributed by atoms with Crippen LogP contribution in [0.1, 0.15) is 6.92 Å². The van der Waals surface area contributed by atoms with Crippen molar-refractivity contribution in [2.45, 2.75) is 6.92 Å². The van der Waals surface area contributed by atoms with Gasteiger partial charge in [-0.3, -0.25) is 4.79 Å². The fraction of sp³-hybridized carbons (Fsp3) is 0.273. The van der Waals surface area contributed by atoms with Crippen LogP contribution in [0.4, 0.5) is 20.6 Å². The minimum atomic E-state index is -0.603. The van der Waals surface area contributed by atoms with Gasteiger partial charge < -0.3 is 21.1 Å². The number of hydrogen-bond donors (Lipinski definition) is 3. The van der Waals surface area contributed by atoms with Crippen LogP contribution in [0.3, 0.4) is 0 Å². The molecule has 0 saturated carbocycles. The first-order valence-corrected chi connectivity index (χ1v) is 5.28. The lowest BCUT2D eigenvalue weighted by Crippen LogP contribution is -2.34. The molecule has 1 aromatic carbocycles. The number of esters is 1. The van der Waals surface area contributed by atoms with Gasteiger partial charge in [-0.25, -0.2) is 9.18 Å². The zero-order valence-corrected chi connectivity index (χ0v) is 9.83. The van der Waals surface area contributed by atoms with Crippen LogP contribution >= 0.6 is 0 Å². The van der Waals surface area contributed by atoms with E-state index in [1.165, 1.54) is 12.1 Å². The molecule has 18 heavy (non-hydrogen) atoms. The highest BCUT2D eigenvalue weighted by molar-refractivity contribution is 5.91. The summed E-state index contributed by atoms with van der Waals surface area (Å²) in [6.45, 7) is 1.67. The quantitative estimate of drug-likeness (QED) is 0.554. The molecule has 4 N–H and O–H groups in total. The van der Waals surface area contributed by atoms with Crippen molar-refractivity contribution in [3.63, 3.8) is 0 Å². The number of carbonyl (C=O) groups excluding carboxylic acids is 2. The van der Waals surface area contributed by atoms with Gasteiger partial charge in [-0.1, -0.05) is 0 Å². The van der Waals surface area contributed by atoms with E-state index in [9.17, 15) is 14.0 Å². The zero-order chi connectivity index (χ0) is 13.5. The highest BCUT2D eigenvalue weighted by atomic mass is 19.1. The highest BCUT2D eigenvalue weighted by Crippen LogP contribution is 2.15. The molecule has 7 heteroatoms. The number of nitrogens with one attached hydrogen (secondary N) is 2. The molecule has 1 rings (SSSR count). The third kappa shape index (κ3) is 4.28. The molecule has 0 aliphatic carbocycles. The Hall–Kier alpha value is -2.31. The Labute approximate surface area is 103 Å². The molecule has 0 fully saturated rings. The Bertz CT molecular complexity index is 451. The number of halogens is 1. The predicted molar refractivity (Wildman–Crippen MR) is 64.5 cm³/mol. The summed E-state index contributed by atoms with van der Waals surface area (Å²) >= 11 is 0. The molecule has 6 nitrogen and oxygen atoms in total. The number of hydrogen-bond acceptors (Lipinski definition) is 4.